The molecule has 3 aromatic rings. The summed E-state index contributed by atoms with van der Waals surface area (Å²) < 4.78 is 15.2. The van der Waals surface area contributed by atoms with E-state index in [2.05, 4.69) is 32.9 Å². The summed E-state index contributed by atoms with van der Waals surface area (Å²) in [6.07, 6.45) is 3.73. The van der Waals surface area contributed by atoms with E-state index in [1.165, 1.54) is 23.3 Å². The number of halogens is 2. The zero-order chi connectivity index (χ0) is 18.9. The molecular formula is C21H25FIN5. The molecule has 0 radical (unpaired) electrons. The van der Waals surface area contributed by atoms with Gasteiger partial charge in [0.2, 0.25) is 0 Å². The normalized spacial score (nSPS) is 11.0. The van der Waals surface area contributed by atoms with Gasteiger partial charge in [0, 0.05) is 25.5 Å². The number of guanidine groups is 1. The summed E-state index contributed by atoms with van der Waals surface area (Å²) in [5, 5.41) is 10.9. The highest BCUT2D eigenvalue weighted by Crippen LogP contribution is 2.10. The van der Waals surface area contributed by atoms with Crippen molar-refractivity contribution in [3.63, 3.8) is 0 Å². The van der Waals surface area contributed by atoms with Gasteiger partial charge in [0.1, 0.15) is 5.82 Å². The average molecular weight is 493 g/mol. The molecule has 7 heteroatoms. The number of nitrogens with one attached hydrogen (secondary N) is 2. The van der Waals surface area contributed by atoms with Crippen LogP contribution in [-0.2, 0) is 19.6 Å². The number of aliphatic imine (C=N–C) groups is 1. The van der Waals surface area contributed by atoms with Crippen molar-refractivity contribution in [2.24, 2.45) is 4.99 Å². The molecule has 0 aliphatic carbocycles. The summed E-state index contributed by atoms with van der Waals surface area (Å²) in [6.45, 7) is 4.56. The SMILES string of the molecule is CCNC(=NCc1cccc(F)c1)NCc1ccccc1Cn1cccn1.I. The number of hydrogen-bond donors (Lipinski definition) is 2. The van der Waals surface area contributed by atoms with Crippen molar-refractivity contribution in [3.05, 3.63) is 89.5 Å². The summed E-state index contributed by atoms with van der Waals surface area (Å²) in [4.78, 5) is 4.56. The van der Waals surface area contributed by atoms with E-state index in [-0.39, 0.29) is 29.8 Å². The molecule has 1 aromatic heterocycles. The molecule has 0 unspecified atom stereocenters. The lowest BCUT2D eigenvalue weighted by Crippen LogP contribution is -2.37. The Morgan fingerprint density at radius 3 is 2.61 bits per heavy atom. The molecule has 28 heavy (non-hydrogen) atoms. The van der Waals surface area contributed by atoms with Crippen molar-refractivity contribution < 1.29 is 4.39 Å². The molecule has 0 fully saturated rings. The molecule has 0 bridgehead atoms. The van der Waals surface area contributed by atoms with E-state index in [0.717, 1.165) is 18.7 Å². The third-order valence-electron chi connectivity index (χ3n) is 4.11. The van der Waals surface area contributed by atoms with Gasteiger partial charge in [-0.05, 0) is 41.8 Å². The second-order valence-corrected chi connectivity index (χ2v) is 6.15. The molecule has 148 valence electrons. The molecule has 0 saturated heterocycles. The first-order valence-electron chi connectivity index (χ1n) is 9.05. The van der Waals surface area contributed by atoms with Crippen LogP contribution in [0.3, 0.4) is 0 Å². The van der Waals surface area contributed by atoms with Crippen LogP contribution < -0.4 is 10.6 Å². The Hall–Kier alpha value is -2.42. The number of nitrogens with zero attached hydrogens (tertiary/aromatic N) is 3. The molecule has 1 heterocycles. The van der Waals surface area contributed by atoms with Crippen LogP contribution in [-0.4, -0.2) is 22.3 Å². The van der Waals surface area contributed by atoms with Gasteiger partial charge in [-0.25, -0.2) is 9.38 Å². The lowest BCUT2D eigenvalue weighted by Gasteiger charge is -2.14. The zero-order valence-electron chi connectivity index (χ0n) is 15.8. The summed E-state index contributed by atoms with van der Waals surface area (Å²) in [7, 11) is 0. The Balaban J connectivity index is 0.00000280. The fourth-order valence-corrected chi connectivity index (χ4v) is 2.78. The maximum Gasteiger partial charge on any atom is 0.191 e. The standard InChI is InChI=1S/C21H24FN5.HI/c1-2-23-21(24-14-17-7-5-10-20(22)13-17)25-15-18-8-3-4-9-19(18)16-27-12-6-11-26-27;/h3-13H,2,14-16H2,1H3,(H2,23,24,25);1H. The maximum atomic E-state index is 13.3. The fourth-order valence-electron chi connectivity index (χ4n) is 2.78. The van der Waals surface area contributed by atoms with Gasteiger partial charge in [-0.3, -0.25) is 4.68 Å². The van der Waals surface area contributed by atoms with E-state index >= 15 is 0 Å². The zero-order valence-corrected chi connectivity index (χ0v) is 18.1. The van der Waals surface area contributed by atoms with E-state index in [1.807, 2.05) is 42.1 Å². The third kappa shape index (κ3) is 6.63. The lowest BCUT2D eigenvalue weighted by atomic mass is 10.1. The smallest absolute Gasteiger partial charge is 0.191 e. The molecule has 0 aliphatic heterocycles. The minimum atomic E-state index is -0.242. The Labute approximate surface area is 182 Å². The highest BCUT2D eigenvalue weighted by molar-refractivity contribution is 14.0. The minimum Gasteiger partial charge on any atom is -0.357 e. The van der Waals surface area contributed by atoms with Crippen LogP contribution >= 0.6 is 24.0 Å². The molecule has 2 aromatic carbocycles. The Morgan fingerprint density at radius 2 is 1.89 bits per heavy atom. The molecule has 2 N–H and O–H groups in total. The average Bonchev–Trinajstić information content (AvgIpc) is 3.18. The van der Waals surface area contributed by atoms with E-state index in [9.17, 15) is 4.39 Å². The summed E-state index contributed by atoms with van der Waals surface area (Å²) in [5.74, 6) is 0.462. The van der Waals surface area contributed by atoms with Crippen molar-refractivity contribution in [2.75, 3.05) is 6.54 Å². The first-order chi connectivity index (χ1) is 13.2. The Bertz CT molecular complexity index is 880. The predicted molar refractivity (Wildman–Crippen MR) is 121 cm³/mol. The van der Waals surface area contributed by atoms with Gasteiger partial charge < -0.3 is 10.6 Å². The molecule has 5 nitrogen and oxygen atoms in total. The van der Waals surface area contributed by atoms with Crippen molar-refractivity contribution in [1.29, 1.82) is 0 Å². The topological polar surface area (TPSA) is 54.2 Å². The summed E-state index contributed by atoms with van der Waals surface area (Å²) >= 11 is 0. The number of rotatable bonds is 7. The van der Waals surface area contributed by atoms with Crippen molar-refractivity contribution in [2.45, 2.75) is 26.6 Å². The van der Waals surface area contributed by atoms with E-state index in [1.54, 1.807) is 12.3 Å². The van der Waals surface area contributed by atoms with Crippen molar-refractivity contribution >= 4 is 29.9 Å². The summed E-state index contributed by atoms with van der Waals surface area (Å²) in [6, 6.07) is 16.7. The molecule has 0 spiro atoms. The molecule has 0 saturated carbocycles. The molecule has 0 amide bonds. The second-order valence-electron chi connectivity index (χ2n) is 6.15. The van der Waals surface area contributed by atoms with Gasteiger partial charge in [-0.1, -0.05) is 36.4 Å². The highest BCUT2D eigenvalue weighted by atomic mass is 127. The van der Waals surface area contributed by atoms with Crippen LogP contribution in [0.15, 0.2) is 72.0 Å². The van der Waals surface area contributed by atoms with Crippen LogP contribution in [0.25, 0.3) is 0 Å². The monoisotopic (exact) mass is 493 g/mol. The Morgan fingerprint density at radius 1 is 1.07 bits per heavy atom. The Kier molecular flexibility index (Phi) is 8.93. The molecule has 0 aliphatic rings. The molecule has 3 rings (SSSR count). The van der Waals surface area contributed by atoms with Crippen LogP contribution in [0.4, 0.5) is 4.39 Å². The van der Waals surface area contributed by atoms with Gasteiger partial charge in [0.05, 0.1) is 13.1 Å². The van der Waals surface area contributed by atoms with Crippen LogP contribution in [0.5, 0.6) is 0 Å². The highest BCUT2D eigenvalue weighted by Gasteiger charge is 2.05. The van der Waals surface area contributed by atoms with E-state index in [4.69, 9.17) is 0 Å². The number of benzene rings is 2. The van der Waals surface area contributed by atoms with Crippen molar-refractivity contribution in [1.82, 2.24) is 20.4 Å². The van der Waals surface area contributed by atoms with Gasteiger partial charge >= 0.3 is 0 Å². The van der Waals surface area contributed by atoms with E-state index < -0.39 is 0 Å². The minimum absolute atomic E-state index is 0. The molecule has 0 atom stereocenters. The van der Waals surface area contributed by atoms with Gasteiger partial charge in [0.15, 0.2) is 5.96 Å². The van der Waals surface area contributed by atoms with Gasteiger partial charge in [0.25, 0.3) is 0 Å². The van der Waals surface area contributed by atoms with Crippen molar-refractivity contribution in [3.8, 4) is 0 Å². The maximum absolute atomic E-state index is 13.3. The summed E-state index contributed by atoms with van der Waals surface area (Å²) in [5.41, 5.74) is 3.23. The van der Waals surface area contributed by atoms with Crippen LogP contribution in [0.2, 0.25) is 0 Å². The largest absolute Gasteiger partial charge is 0.357 e. The lowest BCUT2D eigenvalue weighted by molar-refractivity contribution is 0.625. The van der Waals surface area contributed by atoms with Crippen LogP contribution in [0, 0.1) is 5.82 Å². The second kappa shape index (κ2) is 11.4. The van der Waals surface area contributed by atoms with Gasteiger partial charge in [-0.15, -0.1) is 24.0 Å². The number of aromatic nitrogens is 2. The van der Waals surface area contributed by atoms with Gasteiger partial charge in [-0.2, -0.15) is 5.10 Å². The third-order valence-corrected chi connectivity index (χ3v) is 4.11. The first kappa shape index (κ1) is 21.9. The number of hydrogen-bond acceptors (Lipinski definition) is 2. The first-order valence-corrected chi connectivity index (χ1v) is 9.05. The molecular weight excluding hydrogens is 468 g/mol. The van der Waals surface area contributed by atoms with E-state index in [0.29, 0.717) is 19.0 Å². The quantitative estimate of drug-likeness (QED) is 0.298. The predicted octanol–water partition coefficient (Wildman–Crippen LogP) is 3.94. The van der Waals surface area contributed by atoms with Crippen LogP contribution in [0.1, 0.15) is 23.6 Å². The fraction of sp³-hybridized carbons (Fsp3) is 0.238.